The average Bonchev–Trinajstić information content (AvgIpc) is 3.92. The molecule has 3 atom stereocenters. The van der Waals surface area contributed by atoms with Crippen molar-refractivity contribution in [2.45, 2.75) is 87.8 Å². The minimum absolute atomic E-state index is 0.0994. The number of benzene rings is 2. The molecule has 13 nitrogen and oxygen atoms in total. The number of aliphatic hydroxyl groups is 1. The summed E-state index contributed by atoms with van der Waals surface area (Å²) in [4.78, 5) is 50.5. The highest BCUT2D eigenvalue weighted by Crippen LogP contribution is 2.48. The highest BCUT2D eigenvalue weighted by Gasteiger charge is 2.47. The zero-order chi connectivity index (χ0) is 40.3. The predicted molar refractivity (Wildman–Crippen MR) is 223 cm³/mol. The first-order chi connectivity index (χ1) is 27.6. The minimum atomic E-state index is -1.36. The summed E-state index contributed by atoms with van der Waals surface area (Å²) >= 11 is 0. The molecule has 15 heteroatoms. The lowest BCUT2D eigenvalue weighted by Crippen LogP contribution is -2.51. The smallest absolute Gasteiger partial charge is 0.416 e. The molecule has 0 bridgehead atoms. The maximum atomic E-state index is 14.1. The van der Waals surface area contributed by atoms with E-state index in [0.29, 0.717) is 79.7 Å². The van der Waals surface area contributed by atoms with Crippen LogP contribution in [0.25, 0.3) is 0 Å². The Morgan fingerprint density at radius 1 is 0.877 bits per heavy atom. The fraction of sp³-hybridized carbons (Fsp3) is 0.524. The Labute approximate surface area is 342 Å². The number of rotatable bonds is 15. The molecule has 3 amide bonds. The third-order valence-electron chi connectivity index (χ3n) is 11.2. The van der Waals surface area contributed by atoms with Crippen LogP contribution in [0.3, 0.4) is 0 Å². The summed E-state index contributed by atoms with van der Waals surface area (Å²) < 4.78 is 29.4. The zero-order valence-corrected chi connectivity index (χ0v) is 34.6. The van der Waals surface area contributed by atoms with Crippen LogP contribution in [0.2, 0.25) is 0 Å². The summed E-state index contributed by atoms with van der Waals surface area (Å²) in [6.07, 6.45) is 7.00. The summed E-state index contributed by atoms with van der Waals surface area (Å²) in [5.41, 5.74) is 3.26. The van der Waals surface area contributed by atoms with Gasteiger partial charge in [-0.2, -0.15) is 0 Å². The molecule has 7 rings (SSSR count). The van der Waals surface area contributed by atoms with Crippen molar-refractivity contribution >= 4 is 57.1 Å². The summed E-state index contributed by atoms with van der Waals surface area (Å²) in [6, 6.07) is 5.86. The van der Waals surface area contributed by atoms with E-state index in [1.54, 1.807) is 69.0 Å². The molecule has 2 aromatic rings. The molecule has 0 aromatic heterocycles. The van der Waals surface area contributed by atoms with E-state index < -0.39 is 18.4 Å². The van der Waals surface area contributed by atoms with Crippen LogP contribution in [-0.2, 0) is 4.74 Å². The number of unbranched alkanes of at least 4 members (excludes halogenated alkanes) is 2. The van der Waals surface area contributed by atoms with E-state index in [2.05, 4.69) is 25.1 Å². The van der Waals surface area contributed by atoms with Gasteiger partial charge in [-0.25, -0.2) is 9.69 Å². The predicted octanol–water partition coefficient (Wildman–Crippen LogP) is 7.58. The van der Waals surface area contributed by atoms with Crippen LogP contribution in [0, 0.1) is 0 Å². The van der Waals surface area contributed by atoms with Crippen molar-refractivity contribution in [3.8, 4) is 23.0 Å². The molecule has 1 unspecified atom stereocenters. The molecule has 2 aromatic carbocycles. The number of ether oxygens (including phenoxy) is 5. The lowest BCUT2D eigenvalue weighted by molar-refractivity contribution is 0.0484. The Morgan fingerprint density at radius 3 is 2.19 bits per heavy atom. The van der Waals surface area contributed by atoms with Gasteiger partial charge < -0.3 is 38.6 Å². The van der Waals surface area contributed by atoms with E-state index in [1.165, 1.54) is 12.0 Å². The Kier molecular flexibility index (Phi) is 12.6. The normalized spacial score (nSPS) is 22.1. The Hall–Kier alpha value is -4.34. The van der Waals surface area contributed by atoms with E-state index in [0.717, 1.165) is 49.0 Å². The second kappa shape index (κ2) is 17.7. The summed E-state index contributed by atoms with van der Waals surface area (Å²) in [6.45, 7) is 12.0. The van der Waals surface area contributed by atoms with E-state index in [4.69, 9.17) is 23.7 Å². The van der Waals surface area contributed by atoms with Crippen molar-refractivity contribution in [3.63, 3.8) is 0 Å². The number of hydrogen-bond donors (Lipinski definition) is 1. The number of anilines is 1. The Morgan fingerprint density at radius 2 is 1.51 bits per heavy atom. The molecule has 4 heterocycles. The lowest BCUT2D eigenvalue weighted by Gasteiger charge is -2.33. The molecule has 1 N–H and O–H groups in total. The first kappa shape index (κ1) is 40.8. The second-order valence-electron chi connectivity index (χ2n) is 15.2. The van der Waals surface area contributed by atoms with Gasteiger partial charge in [0, 0.05) is 37.2 Å². The van der Waals surface area contributed by atoms with Gasteiger partial charge >= 0.3 is 6.09 Å². The van der Waals surface area contributed by atoms with Crippen molar-refractivity contribution in [2.24, 2.45) is 4.99 Å². The SMILES string of the molecule is C=C1C[C@H]2C=Nc3cc(OCCCCCOc4cc5c(cc4OC)C(=O)N4CC(=C)C[C@H]4C(O)N5C(=O)OCC4(SSCC)CCCC4)c(OC)cc3C(=O)N2C1. The molecule has 1 saturated carbocycles. The second-order valence-corrected chi connectivity index (χ2v) is 18.3. The summed E-state index contributed by atoms with van der Waals surface area (Å²) in [7, 11) is 6.59. The van der Waals surface area contributed by atoms with Crippen molar-refractivity contribution in [1.29, 1.82) is 0 Å². The third kappa shape index (κ3) is 8.47. The van der Waals surface area contributed by atoms with Gasteiger partial charge in [0.2, 0.25) is 0 Å². The molecule has 5 aliphatic rings. The van der Waals surface area contributed by atoms with E-state index in [9.17, 15) is 19.5 Å². The fourth-order valence-corrected chi connectivity index (χ4v) is 10.9. The molecule has 2 saturated heterocycles. The largest absolute Gasteiger partial charge is 0.493 e. The van der Waals surface area contributed by atoms with Gasteiger partial charge in [0.05, 0.1) is 66.8 Å². The van der Waals surface area contributed by atoms with Crippen molar-refractivity contribution in [2.75, 3.05) is 57.8 Å². The topological polar surface area (TPSA) is 140 Å². The van der Waals surface area contributed by atoms with Crippen molar-refractivity contribution in [3.05, 3.63) is 59.7 Å². The average molecular weight is 821 g/mol. The zero-order valence-electron chi connectivity index (χ0n) is 33.0. The molecular weight excluding hydrogens is 769 g/mol. The molecule has 1 aliphatic carbocycles. The summed E-state index contributed by atoms with van der Waals surface area (Å²) in [5, 5.41) is 11.8. The molecule has 0 spiro atoms. The number of hydrogen-bond acceptors (Lipinski definition) is 12. The number of carbonyl (C=O) groups is 3. The van der Waals surface area contributed by atoms with Gasteiger partial charge in [0.15, 0.2) is 29.2 Å². The minimum Gasteiger partial charge on any atom is -0.493 e. The number of carbonyl (C=O) groups excluding carboxylic acids is 3. The van der Waals surface area contributed by atoms with Gasteiger partial charge in [-0.05, 0) is 57.1 Å². The molecular formula is C42H52N4O9S2. The van der Waals surface area contributed by atoms with Crippen LogP contribution in [0.1, 0.15) is 85.4 Å². The van der Waals surface area contributed by atoms with Gasteiger partial charge in [0.1, 0.15) is 6.61 Å². The van der Waals surface area contributed by atoms with Crippen LogP contribution in [0.4, 0.5) is 16.2 Å². The monoisotopic (exact) mass is 820 g/mol. The van der Waals surface area contributed by atoms with Gasteiger partial charge in [0.25, 0.3) is 11.8 Å². The third-order valence-corrected chi connectivity index (χ3v) is 14.6. The van der Waals surface area contributed by atoms with Crippen LogP contribution < -0.4 is 23.8 Å². The Bertz CT molecular complexity index is 1930. The number of fused-ring (bicyclic) bond motifs is 4. The van der Waals surface area contributed by atoms with Crippen LogP contribution >= 0.6 is 21.6 Å². The van der Waals surface area contributed by atoms with E-state index in [-0.39, 0.29) is 47.0 Å². The van der Waals surface area contributed by atoms with Gasteiger partial charge in [-0.3, -0.25) is 14.6 Å². The number of aliphatic imine (C=N–C) groups is 1. The molecule has 3 fully saturated rings. The standard InChI is InChI=1S/C42H52N4O9S2/c1-6-56-57-42(12-8-9-13-42)25-55-41(50)46-32-21-37(35(52-5)19-30(32)39(48)45-24-27(3)17-33(45)40(46)49)54-15-11-7-10-14-53-36-20-31-29(18-34(36)51-4)38(47)44-23-26(2)16-28(44)22-43-31/h18-22,28,33,40,49H,2-3,6-17,23-25H2,1,4-5H3/t28-,33-,40?/m0/s1. The van der Waals surface area contributed by atoms with Crippen LogP contribution in [-0.4, -0.2) is 115 Å². The summed E-state index contributed by atoms with van der Waals surface area (Å²) in [5.74, 6) is 2.18. The highest BCUT2D eigenvalue weighted by molar-refractivity contribution is 8.77. The van der Waals surface area contributed by atoms with Crippen molar-refractivity contribution in [1.82, 2.24) is 9.80 Å². The molecule has 0 radical (unpaired) electrons. The maximum absolute atomic E-state index is 14.1. The number of aliphatic hydroxyl groups excluding tert-OH is 1. The first-order valence-corrected chi connectivity index (χ1v) is 22.0. The number of amides is 3. The lowest BCUT2D eigenvalue weighted by atomic mass is 10.1. The van der Waals surface area contributed by atoms with Crippen LogP contribution in [0.5, 0.6) is 23.0 Å². The molecule has 57 heavy (non-hydrogen) atoms. The molecule has 4 aliphatic heterocycles. The quantitative estimate of drug-likeness (QED) is 0.108. The van der Waals surface area contributed by atoms with E-state index >= 15 is 0 Å². The first-order valence-electron chi connectivity index (χ1n) is 19.7. The molecule has 306 valence electrons. The van der Waals surface area contributed by atoms with Gasteiger partial charge in [-0.15, -0.1) is 0 Å². The van der Waals surface area contributed by atoms with Crippen molar-refractivity contribution < 1.29 is 43.2 Å². The number of methoxy groups -OCH3 is 2. The van der Waals surface area contributed by atoms with E-state index in [1.807, 2.05) is 0 Å². The number of nitrogens with zero attached hydrogens (tertiary/aromatic N) is 4. The van der Waals surface area contributed by atoms with Gasteiger partial charge in [-0.1, -0.05) is 65.7 Å². The highest BCUT2D eigenvalue weighted by atomic mass is 33.1. The maximum Gasteiger partial charge on any atom is 0.416 e. The fourth-order valence-electron chi connectivity index (χ4n) is 8.25. The Balaban J connectivity index is 1.00. The van der Waals surface area contributed by atoms with Crippen LogP contribution in [0.15, 0.2) is 53.6 Å².